The topological polar surface area (TPSA) is 32.3 Å². The summed E-state index contributed by atoms with van der Waals surface area (Å²) in [6.45, 7) is 5.87. The van der Waals surface area contributed by atoms with Crippen LogP contribution >= 0.6 is 35.7 Å². The number of thiocarbonyl (C=S) groups is 1. The predicted octanol–water partition coefficient (Wildman–Crippen LogP) is 3.71. The van der Waals surface area contributed by atoms with Gasteiger partial charge in [-0.15, -0.1) is 11.8 Å². The molecule has 1 aromatic rings. The number of anilines is 1. The second kappa shape index (κ2) is 9.26. The van der Waals surface area contributed by atoms with Gasteiger partial charge in [-0.3, -0.25) is 4.79 Å². The van der Waals surface area contributed by atoms with Crippen LogP contribution in [0.15, 0.2) is 29.2 Å². The van der Waals surface area contributed by atoms with Crippen molar-refractivity contribution in [2.45, 2.75) is 18.7 Å². The van der Waals surface area contributed by atoms with E-state index < -0.39 is 0 Å². The molecule has 0 bridgehead atoms. The number of rotatable bonds is 6. The highest BCUT2D eigenvalue weighted by atomic mass is 32.2. The van der Waals surface area contributed by atoms with Crippen LogP contribution in [0.25, 0.3) is 0 Å². The molecule has 20 heavy (non-hydrogen) atoms. The summed E-state index contributed by atoms with van der Waals surface area (Å²) in [5.41, 5.74) is 0.861. The SMILES string of the molecule is CCN(CC)C(=S)SCC(=O)Nc1ccccc1SC. The molecule has 0 aliphatic rings. The molecule has 1 amide bonds. The van der Waals surface area contributed by atoms with E-state index in [-0.39, 0.29) is 5.91 Å². The first-order chi connectivity index (χ1) is 9.62. The van der Waals surface area contributed by atoms with Crippen molar-refractivity contribution in [1.82, 2.24) is 4.90 Å². The molecule has 1 N–H and O–H groups in total. The summed E-state index contributed by atoms with van der Waals surface area (Å²) in [7, 11) is 0. The van der Waals surface area contributed by atoms with Crippen molar-refractivity contribution in [3.8, 4) is 0 Å². The largest absolute Gasteiger partial charge is 0.358 e. The lowest BCUT2D eigenvalue weighted by molar-refractivity contribution is -0.113. The highest BCUT2D eigenvalue weighted by Gasteiger charge is 2.10. The van der Waals surface area contributed by atoms with Crippen LogP contribution in [0.3, 0.4) is 0 Å². The summed E-state index contributed by atoms with van der Waals surface area (Å²) in [4.78, 5) is 15.1. The van der Waals surface area contributed by atoms with Gasteiger partial charge in [0.05, 0.1) is 11.4 Å². The Morgan fingerprint density at radius 3 is 2.55 bits per heavy atom. The molecule has 0 spiro atoms. The minimum absolute atomic E-state index is 0.0222. The summed E-state index contributed by atoms with van der Waals surface area (Å²) >= 11 is 8.34. The van der Waals surface area contributed by atoms with E-state index in [1.165, 1.54) is 11.8 Å². The third-order valence-electron chi connectivity index (χ3n) is 2.73. The predicted molar refractivity (Wildman–Crippen MR) is 94.8 cm³/mol. The maximum absolute atomic E-state index is 12.0. The molecule has 0 atom stereocenters. The van der Waals surface area contributed by atoms with Crippen molar-refractivity contribution < 1.29 is 4.79 Å². The Morgan fingerprint density at radius 2 is 1.95 bits per heavy atom. The fourth-order valence-electron chi connectivity index (χ4n) is 1.63. The van der Waals surface area contributed by atoms with Crippen molar-refractivity contribution in [3.05, 3.63) is 24.3 Å². The van der Waals surface area contributed by atoms with Gasteiger partial charge in [-0.1, -0.05) is 36.1 Å². The third-order valence-corrected chi connectivity index (χ3v) is 5.05. The molecule has 1 rings (SSSR count). The van der Waals surface area contributed by atoms with Crippen LogP contribution in [0, 0.1) is 0 Å². The van der Waals surface area contributed by atoms with Gasteiger partial charge in [0.2, 0.25) is 5.91 Å². The van der Waals surface area contributed by atoms with Crippen molar-refractivity contribution >= 4 is 51.7 Å². The molecule has 0 aromatic heterocycles. The Hall–Kier alpha value is -0.720. The quantitative estimate of drug-likeness (QED) is 0.636. The second-order valence-corrected chi connectivity index (χ2v) is 6.43. The van der Waals surface area contributed by atoms with E-state index in [2.05, 4.69) is 24.1 Å². The van der Waals surface area contributed by atoms with Gasteiger partial charge in [-0.2, -0.15) is 0 Å². The van der Waals surface area contributed by atoms with Crippen LogP contribution in [0.2, 0.25) is 0 Å². The smallest absolute Gasteiger partial charge is 0.234 e. The van der Waals surface area contributed by atoms with Crippen LogP contribution in [0.5, 0.6) is 0 Å². The van der Waals surface area contributed by atoms with Crippen molar-refractivity contribution in [1.29, 1.82) is 0 Å². The van der Waals surface area contributed by atoms with Gasteiger partial charge in [0, 0.05) is 18.0 Å². The number of amides is 1. The molecule has 0 saturated heterocycles. The molecule has 0 aliphatic carbocycles. The number of nitrogens with zero attached hydrogens (tertiary/aromatic N) is 1. The summed E-state index contributed by atoms with van der Waals surface area (Å²) in [5.74, 6) is 0.323. The Labute approximate surface area is 134 Å². The number of hydrogen-bond acceptors (Lipinski definition) is 4. The molecule has 110 valence electrons. The van der Waals surface area contributed by atoms with Crippen LogP contribution in [0.4, 0.5) is 5.69 Å². The summed E-state index contributed by atoms with van der Waals surface area (Å²) < 4.78 is 0.781. The van der Waals surface area contributed by atoms with Crippen LogP contribution in [0.1, 0.15) is 13.8 Å². The number of carbonyl (C=O) groups excluding carboxylic acids is 1. The molecule has 0 radical (unpaired) electrons. The van der Waals surface area contributed by atoms with Crippen molar-refractivity contribution in [2.75, 3.05) is 30.4 Å². The lowest BCUT2D eigenvalue weighted by Gasteiger charge is -2.20. The monoisotopic (exact) mass is 328 g/mol. The van der Waals surface area contributed by atoms with Gasteiger partial charge in [-0.25, -0.2) is 0 Å². The zero-order valence-corrected chi connectivity index (χ0v) is 14.5. The number of thioether (sulfide) groups is 2. The van der Waals surface area contributed by atoms with E-state index in [4.69, 9.17) is 12.2 Å². The number of para-hydroxylation sites is 1. The average Bonchev–Trinajstić information content (AvgIpc) is 2.47. The summed E-state index contributed by atoms with van der Waals surface area (Å²) in [5, 5.41) is 2.93. The zero-order chi connectivity index (χ0) is 15.0. The molecule has 0 heterocycles. The molecule has 6 heteroatoms. The number of nitrogens with one attached hydrogen (secondary N) is 1. The standard InChI is InChI=1S/C14H20N2OS3/c1-4-16(5-2)14(18)20-10-13(17)15-11-8-6-7-9-12(11)19-3/h6-9H,4-5,10H2,1-3H3,(H,15,17). The van der Waals surface area contributed by atoms with E-state index in [1.54, 1.807) is 11.8 Å². The zero-order valence-electron chi connectivity index (χ0n) is 12.0. The highest BCUT2D eigenvalue weighted by molar-refractivity contribution is 8.23. The summed E-state index contributed by atoms with van der Waals surface area (Å²) in [6, 6.07) is 7.79. The van der Waals surface area contributed by atoms with Crippen LogP contribution < -0.4 is 5.32 Å². The van der Waals surface area contributed by atoms with Gasteiger partial charge >= 0.3 is 0 Å². The molecule has 0 unspecified atom stereocenters. The first-order valence-electron chi connectivity index (χ1n) is 6.46. The highest BCUT2D eigenvalue weighted by Crippen LogP contribution is 2.24. The van der Waals surface area contributed by atoms with Crippen molar-refractivity contribution in [2.24, 2.45) is 0 Å². The number of hydrogen-bond donors (Lipinski definition) is 1. The minimum Gasteiger partial charge on any atom is -0.358 e. The van der Waals surface area contributed by atoms with Crippen LogP contribution in [-0.2, 0) is 4.79 Å². The van der Waals surface area contributed by atoms with E-state index in [0.717, 1.165) is 28.0 Å². The van der Waals surface area contributed by atoms with Gasteiger partial charge in [-0.05, 0) is 32.2 Å². The Morgan fingerprint density at radius 1 is 1.30 bits per heavy atom. The maximum Gasteiger partial charge on any atom is 0.234 e. The molecule has 1 aromatic carbocycles. The van der Waals surface area contributed by atoms with Gasteiger partial charge in [0.25, 0.3) is 0 Å². The average molecular weight is 329 g/mol. The third kappa shape index (κ3) is 5.34. The molecule has 3 nitrogen and oxygen atoms in total. The Balaban J connectivity index is 2.50. The van der Waals surface area contributed by atoms with E-state index in [1.807, 2.05) is 30.5 Å². The lowest BCUT2D eigenvalue weighted by Crippen LogP contribution is -2.28. The normalized spacial score (nSPS) is 10.2. The molecule has 0 fully saturated rings. The van der Waals surface area contributed by atoms with E-state index in [9.17, 15) is 4.79 Å². The fraction of sp³-hybridized carbons (Fsp3) is 0.429. The molecule has 0 saturated carbocycles. The minimum atomic E-state index is -0.0222. The van der Waals surface area contributed by atoms with Gasteiger partial charge in [0.1, 0.15) is 4.32 Å². The first-order valence-corrected chi connectivity index (χ1v) is 9.08. The van der Waals surface area contributed by atoms with Crippen LogP contribution in [-0.4, -0.2) is 40.2 Å². The molecular weight excluding hydrogens is 308 g/mol. The summed E-state index contributed by atoms with van der Waals surface area (Å²) in [6.07, 6.45) is 2.00. The Kier molecular flexibility index (Phi) is 8.02. The number of carbonyl (C=O) groups is 1. The second-order valence-electron chi connectivity index (χ2n) is 3.98. The van der Waals surface area contributed by atoms with Crippen molar-refractivity contribution in [3.63, 3.8) is 0 Å². The first kappa shape index (κ1) is 17.3. The van der Waals surface area contributed by atoms with E-state index >= 15 is 0 Å². The fourth-order valence-corrected chi connectivity index (χ4v) is 3.39. The Bertz CT molecular complexity index is 461. The maximum atomic E-state index is 12.0. The van der Waals surface area contributed by atoms with Gasteiger partial charge in [0.15, 0.2) is 0 Å². The van der Waals surface area contributed by atoms with E-state index in [0.29, 0.717) is 5.75 Å². The lowest BCUT2D eigenvalue weighted by atomic mass is 10.3. The van der Waals surface area contributed by atoms with Gasteiger partial charge < -0.3 is 10.2 Å². The number of benzene rings is 1. The molecule has 0 aliphatic heterocycles. The molecular formula is C14H20N2OS3.